The largest absolute Gasteiger partial charge is 0.490 e. The summed E-state index contributed by atoms with van der Waals surface area (Å²) in [5.41, 5.74) is 0. The van der Waals surface area contributed by atoms with Crippen LogP contribution >= 0.6 is 15.9 Å². The lowest BCUT2D eigenvalue weighted by Crippen LogP contribution is -2.50. The Hall–Kier alpha value is -1.66. The molecule has 31 heavy (non-hydrogen) atoms. The Morgan fingerprint density at radius 1 is 0.742 bits per heavy atom. The summed E-state index contributed by atoms with van der Waals surface area (Å²) in [7, 11) is -7.49. The van der Waals surface area contributed by atoms with Gasteiger partial charge >= 0.3 is 0 Å². The lowest BCUT2D eigenvalue weighted by molar-refractivity contribution is 0.272. The number of benzene rings is 2. The molecule has 0 atom stereocenters. The van der Waals surface area contributed by atoms with Crippen molar-refractivity contribution in [3.8, 4) is 11.5 Å². The summed E-state index contributed by atoms with van der Waals surface area (Å²) >= 11 is 3.29. The molecule has 1 saturated heterocycles. The molecular weight excluding hydrogens is 508 g/mol. The lowest BCUT2D eigenvalue weighted by Gasteiger charge is -2.33. The summed E-state index contributed by atoms with van der Waals surface area (Å²) in [6, 6.07) is 10.9. The van der Waals surface area contributed by atoms with Crippen molar-refractivity contribution in [1.82, 2.24) is 8.61 Å². The number of hydrogen-bond acceptors (Lipinski definition) is 6. The average molecular weight is 533 g/mol. The topological polar surface area (TPSA) is 93.2 Å². The van der Waals surface area contributed by atoms with E-state index >= 15 is 0 Å². The molecule has 3 rings (SSSR count). The Balaban J connectivity index is 1.76. The Morgan fingerprint density at radius 3 is 1.71 bits per heavy atom. The van der Waals surface area contributed by atoms with E-state index in [-0.39, 0.29) is 36.0 Å². The van der Waals surface area contributed by atoms with Crippen LogP contribution in [0.15, 0.2) is 56.7 Å². The predicted octanol–water partition coefficient (Wildman–Crippen LogP) is 2.94. The predicted molar refractivity (Wildman–Crippen MR) is 120 cm³/mol. The molecule has 1 aliphatic rings. The molecular formula is C20H25BrN2O6S2. The molecule has 0 amide bonds. The molecule has 0 N–H and O–H groups in total. The van der Waals surface area contributed by atoms with Gasteiger partial charge in [-0.05, 0) is 50.2 Å². The normalized spacial score (nSPS) is 16.2. The van der Waals surface area contributed by atoms with E-state index in [9.17, 15) is 16.8 Å². The monoisotopic (exact) mass is 532 g/mol. The second-order valence-corrected chi connectivity index (χ2v) is 11.5. The van der Waals surface area contributed by atoms with Crippen LogP contribution < -0.4 is 9.47 Å². The Morgan fingerprint density at radius 2 is 1.19 bits per heavy atom. The second-order valence-electron chi connectivity index (χ2n) is 6.74. The zero-order valence-corrected chi connectivity index (χ0v) is 20.5. The highest BCUT2D eigenvalue weighted by atomic mass is 79.9. The molecule has 170 valence electrons. The molecule has 1 heterocycles. The van der Waals surface area contributed by atoms with E-state index in [4.69, 9.17) is 9.47 Å². The van der Waals surface area contributed by atoms with Gasteiger partial charge < -0.3 is 9.47 Å². The molecule has 0 aliphatic carbocycles. The van der Waals surface area contributed by atoms with Crippen LogP contribution in [-0.2, 0) is 20.0 Å². The third-order valence-electron chi connectivity index (χ3n) is 4.80. The summed E-state index contributed by atoms with van der Waals surface area (Å²) < 4.78 is 66.4. The summed E-state index contributed by atoms with van der Waals surface area (Å²) in [6.45, 7) is 4.73. The minimum Gasteiger partial charge on any atom is -0.490 e. The third kappa shape index (κ3) is 5.23. The van der Waals surface area contributed by atoms with Gasteiger partial charge in [0.2, 0.25) is 20.0 Å². The van der Waals surface area contributed by atoms with E-state index < -0.39 is 20.0 Å². The highest BCUT2D eigenvalue weighted by molar-refractivity contribution is 9.10. The highest BCUT2D eigenvalue weighted by Crippen LogP contribution is 2.32. The van der Waals surface area contributed by atoms with E-state index in [0.717, 1.165) is 4.47 Å². The Bertz CT molecular complexity index is 1110. The van der Waals surface area contributed by atoms with Crippen molar-refractivity contribution in [3.05, 3.63) is 46.9 Å². The standard InChI is InChI=1S/C20H25BrN2O6S2/c1-3-28-19-10-9-18(15-20(19)29-4-2)31(26,27)23-13-11-22(12-14-23)30(24,25)17-7-5-16(21)6-8-17/h5-10,15H,3-4,11-14H2,1-2H3. The van der Waals surface area contributed by atoms with Gasteiger partial charge in [0.05, 0.1) is 23.0 Å². The molecule has 2 aromatic rings. The first-order valence-corrected chi connectivity index (χ1v) is 13.5. The van der Waals surface area contributed by atoms with E-state index in [2.05, 4.69) is 15.9 Å². The molecule has 11 heteroatoms. The van der Waals surface area contributed by atoms with Crippen LogP contribution in [0.2, 0.25) is 0 Å². The fourth-order valence-electron chi connectivity index (χ4n) is 3.25. The highest BCUT2D eigenvalue weighted by Gasteiger charge is 2.34. The van der Waals surface area contributed by atoms with Gasteiger partial charge in [-0.15, -0.1) is 0 Å². The summed E-state index contributed by atoms with van der Waals surface area (Å²) in [5, 5.41) is 0. The Labute approximate surface area is 192 Å². The molecule has 0 unspecified atom stereocenters. The van der Waals surface area contributed by atoms with E-state index in [1.165, 1.54) is 32.9 Å². The van der Waals surface area contributed by atoms with Crippen molar-refractivity contribution in [1.29, 1.82) is 0 Å². The van der Waals surface area contributed by atoms with Crippen LogP contribution in [0.25, 0.3) is 0 Å². The second kappa shape index (κ2) is 9.86. The third-order valence-corrected chi connectivity index (χ3v) is 9.14. The zero-order valence-electron chi connectivity index (χ0n) is 17.3. The maximum atomic E-state index is 13.1. The van der Waals surface area contributed by atoms with Gasteiger partial charge in [0.25, 0.3) is 0 Å². The number of nitrogens with zero attached hydrogens (tertiary/aromatic N) is 2. The number of hydrogen-bond donors (Lipinski definition) is 0. The van der Waals surface area contributed by atoms with Gasteiger partial charge in [0.15, 0.2) is 11.5 Å². The van der Waals surface area contributed by atoms with E-state index in [1.807, 2.05) is 13.8 Å². The first-order valence-electron chi connectivity index (χ1n) is 9.85. The fraction of sp³-hybridized carbons (Fsp3) is 0.400. The summed E-state index contributed by atoms with van der Waals surface area (Å²) in [6.07, 6.45) is 0. The van der Waals surface area contributed by atoms with Crippen LogP contribution in [-0.4, -0.2) is 64.8 Å². The van der Waals surface area contributed by atoms with Crippen molar-refractivity contribution < 1.29 is 26.3 Å². The summed E-state index contributed by atoms with van der Waals surface area (Å²) in [4.78, 5) is 0.267. The number of rotatable bonds is 8. The van der Waals surface area contributed by atoms with Crippen LogP contribution in [0, 0.1) is 0 Å². The molecule has 0 bridgehead atoms. The number of sulfonamides is 2. The molecule has 2 aromatic carbocycles. The van der Waals surface area contributed by atoms with Crippen LogP contribution in [0.4, 0.5) is 0 Å². The van der Waals surface area contributed by atoms with Gasteiger partial charge in [-0.2, -0.15) is 8.61 Å². The van der Waals surface area contributed by atoms with Crippen LogP contribution in [0.3, 0.4) is 0 Å². The molecule has 0 radical (unpaired) electrons. The van der Waals surface area contributed by atoms with Gasteiger partial charge in [-0.3, -0.25) is 0 Å². The van der Waals surface area contributed by atoms with Crippen molar-refractivity contribution in [2.45, 2.75) is 23.6 Å². The summed E-state index contributed by atoms with van der Waals surface area (Å²) in [5.74, 6) is 0.843. The van der Waals surface area contributed by atoms with Gasteiger partial charge in [0.1, 0.15) is 0 Å². The minimum absolute atomic E-state index is 0.0648. The molecule has 0 spiro atoms. The van der Waals surface area contributed by atoms with Crippen molar-refractivity contribution in [2.75, 3.05) is 39.4 Å². The molecule has 0 aromatic heterocycles. The number of ether oxygens (including phenoxy) is 2. The van der Waals surface area contributed by atoms with Gasteiger partial charge in [-0.25, -0.2) is 16.8 Å². The SMILES string of the molecule is CCOc1ccc(S(=O)(=O)N2CCN(S(=O)(=O)c3ccc(Br)cc3)CC2)cc1OCC. The Kier molecular flexibility index (Phi) is 7.63. The molecule has 1 aliphatic heterocycles. The lowest BCUT2D eigenvalue weighted by atomic mass is 10.3. The first-order chi connectivity index (χ1) is 14.7. The minimum atomic E-state index is -3.80. The quantitative estimate of drug-likeness (QED) is 0.518. The van der Waals surface area contributed by atoms with Gasteiger partial charge in [0, 0.05) is 36.7 Å². The number of halogens is 1. The number of piperazine rings is 1. The van der Waals surface area contributed by atoms with E-state index in [1.54, 1.807) is 18.2 Å². The molecule has 8 nitrogen and oxygen atoms in total. The zero-order chi connectivity index (χ0) is 22.6. The van der Waals surface area contributed by atoms with Crippen LogP contribution in [0.1, 0.15) is 13.8 Å². The van der Waals surface area contributed by atoms with E-state index in [0.29, 0.717) is 24.7 Å². The average Bonchev–Trinajstić information content (AvgIpc) is 2.75. The maximum Gasteiger partial charge on any atom is 0.243 e. The van der Waals surface area contributed by atoms with Crippen molar-refractivity contribution in [2.24, 2.45) is 0 Å². The smallest absolute Gasteiger partial charge is 0.243 e. The molecule has 1 fully saturated rings. The van der Waals surface area contributed by atoms with Gasteiger partial charge in [-0.1, -0.05) is 15.9 Å². The van der Waals surface area contributed by atoms with Crippen molar-refractivity contribution in [3.63, 3.8) is 0 Å². The molecule has 0 saturated carbocycles. The maximum absolute atomic E-state index is 13.1. The first kappa shape index (κ1) is 24.0. The fourth-order valence-corrected chi connectivity index (χ4v) is 6.37. The van der Waals surface area contributed by atoms with Crippen molar-refractivity contribution >= 4 is 36.0 Å². The van der Waals surface area contributed by atoms with Crippen LogP contribution in [0.5, 0.6) is 11.5 Å².